The van der Waals surface area contributed by atoms with Crippen molar-refractivity contribution >= 4 is 24.4 Å². The number of hydrogen-bond acceptors (Lipinski definition) is 3. The highest BCUT2D eigenvalue weighted by Crippen LogP contribution is 2.10. The van der Waals surface area contributed by atoms with Crippen molar-refractivity contribution in [2.24, 2.45) is 0 Å². The molecule has 21 heavy (non-hydrogen) atoms. The zero-order valence-corrected chi connectivity index (χ0v) is 13.0. The maximum absolute atomic E-state index is 12.3. The van der Waals surface area contributed by atoms with E-state index in [1.54, 1.807) is 6.07 Å². The highest BCUT2D eigenvalue weighted by Gasteiger charge is 2.22. The molecule has 1 aliphatic heterocycles. The van der Waals surface area contributed by atoms with Crippen molar-refractivity contribution in [3.05, 3.63) is 35.4 Å². The summed E-state index contributed by atoms with van der Waals surface area (Å²) in [6, 6.07) is 7.16. The van der Waals surface area contributed by atoms with Gasteiger partial charge in [-0.1, -0.05) is 12.1 Å². The molecule has 1 atom stereocenters. The quantitative estimate of drug-likeness (QED) is 0.728. The van der Waals surface area contributed by atoms with Crippen molar-refractivity contribution in [1.82, 2.24) is 10.6 Å². The summed E-state index contributed by atoms with van der Waals surface area (Å²) < 4.78 is 0. The van der Waals surface area contributed by atoms with E-state index < -0.39 is 6.04 Å². The number of benzene rings is 1. The minimum atomic E-state index is -0.416. The van der Waals surface area contributed by atoms with Gasteiger partial charge in [0, 0.05) is 12.1 Å². The highest BCUT2D eigenvalue weighted by molar-refractivity contribution is 7.80. The number of carbonyl (C=O) groups is 2. The minimum absolute atomic E-state index is 0.0768. The van der Waals surface area contributed by atoms with Gasteiger partial charge in [0.15, 0.2) is 0 Å². The van der Waals surface area contributed by atoms with Gasteiger partial charge in [-0.2, -0.15) is 12.6 Å². The molecule has 1 aromatic rings. The molecular weight excluding hydrogens is 284 g/mol. The van der Waals surface area contributed by atoms with Gasteiger partial charge in [0.2, 0.25) is 5.91 Å². The molecular formula is C16H22N2O2S. The molecule has 0 bridgehead atoms. The summed E-state index contributed by atoms with van der Waals surface area (Å²) in [7, 11) is 0. The van der Waals surface area contributed by atoms with Gasteiger partial charge in [0.1, 0.15) is 6.04 Å². The molecule has 4 nitrogen and oxygen atoms in total. The van der Waals surface area contributed by atoms with Crippen LogP contribution in [0.5, 0.6) is 0 Å². The van der Waals surface area contributed by atoms with Crippen LogP contribution in [-0.2, 0) is 11.2 Å². The van der Waals surface area contributed by atoms with Gasteiger partial charge in [-0.3, -0.25) is 9.59 Å². The lowest BCUT2D eigenvalue weighted by molar-refractivity contribution is -0.122. The molecule has 0 aromatic heterocycles. The van der Waals surface area contributed by atoms with Crippen molar-refractivity contribution in [2.45, 2.75) is 38.1 Å². The van der Waals surface area contributed by atoms with Crippen LogP contribution < -0.4 is 10.6 Å². The number of thiol groups is 1. The molecule has 0 spiro atoms. The van der Waals surface area contributed by atoms with Crippen molar-refractivity contribution in [2.75, 3.05) is 12.3 Å². The molecule has 2 rings (SSSR count). The molecule has 0 saturated carbocycles. The predicted octanol–water partition coefficient (Wildman–Crippen LogP) is 1.95. The molecule has 114 valence electrons. The largest absolute Gasteiger partial charge is 0.354 e. The number of rotatable bonds is 5. The van der Waals surface area contributed by atoms with Gasteiger partial charge in [0.05, 0.1) is 0 Å². The number of nitrogens with one attached hydrogen (secondary N) is 2. The first-order chi connectivity index (χ1) is 10.2. The van der Waals surface area contributed by atoms with Crippen LogP contribution in [0.3, 0.4) is 0 Å². The van der Waals surface area contributed by atoms with E-state index in [2.05, 4.69) is 23.3 Å². The van der Waals surface area contributed by atoms with Gasteiger partial charge in [0.25, 0.3) is 5.91 Å². The van der Waals surface area contributed by atoms with Crippen molar-refractivity contribution in [3.63, 3.8) is 0 Å². The van der Waals surface area contributed by atoms with E-state index in [0.29, 0.717) is 18.5 Å². The average molecular weight is 306 g/mol. The standard InChI is InChI=1S/C16H22N2O2S/c19-15(18-14-8-1-2-9-17-16(14)20)13-7-3-5-12(11-13)6-4-10-21/h3,5,7,11,14,21H,1-2,4,6,8-10H2,(H,17,20)(H,18,19)/t14-/m0/s1. The Labute approximate surface area is 131 Å². The second-order valence-electron chi connectivity index (χ2n) is 5.34. The Bertz CT molecular complexity index is 505. The number of carbonyl (C=O) groups excluding carboxylic acids is 2. The zero-order valence-electron chi connectivity index (χ0n) is 12.1. The summed E-state index contributed by atoms with van der Waals surface area (Å²) in [6.07, 6.45) is 4.52. The van der Waals surface area contributed by atoms with Crippen LogP contribution in [0.25, 0.3) is 0 Å². The zero-order chi connectivity index (χ0) is 15.1. The molecule has 1 saturated heterocycles. The van der Waals surface area contributed by atoms with Gasteiger partial charge >= 0.3 is 0 Å². The normalized spacial score (nSPS) is 18.7. The average Bonchev–Trinajstić information content (AvgIpc) is 2.70. The van der Waals surface area contributed by atoms with Crippen molar-refractivity contribution in [3.8, 4) is 0 Å². The summed E-state index contributed by atoms with van der Waals surface area (Å²) >= 11 is 4.20. The predicted molar refractivity (Wildman–Crippen MR) is 86.7 cm³/mol. The van der Waals surface area contributed by atoms with Gasteiger partial charge in [-0.05, 0) is 55.6 Å². The van der Waals surface area contributed by atoms with E-state index >= 15 is 0 Å². The summed E-state index contributed by atoms with van der Waals surface area (Å²) in [6.45, 7) is 0.699. The van der Waals surface area contributed by atoms with E-state index in [1.165, 1.54) is 0 Å². The Morgan fingerprint density at radius 2 is 2.24 bits per heavy atom. The molecule has 0 radical (unpaired) electrons. The molecule has 2 amide bonds. The number of amides is 2. The van der Waals surface area contributed by atoms with Crippen molar-refractivity contribution < 1.29 is 9.59 Å². The fourth-order valence-corrected chi connectivity index (χ4v) is 2.63. The van der Waals surface area contributed by atoms with Gasteiger partial charge < -0.3 is 10.6 Å². The molecule has 0 unspecified atom stereocenters. The Morgan fingerprint density at radius 3 is 3.05 bits per heavy atom. The van der Waals surface area contributed by atoms with E-state index in [4.69, 9.17) is 0 Å². The Morgan fingerprint density at radius 1 is 1.38 bits per heavy atom. The van der Waals surface area contributed by atoms with Crippen LogP contribution in [0.1, 0.15) is 41.6 Å². The monoisotopic (exact) mass is 306 g/mol. The lowest BCUT2D eigenvalue weighted by Gasteiger charge is -2.15. The van der Waals surface area contributed by atoms with Crippen molar-refractivity contribution in [1.29, 1.82) is 0 Å². The Balaban J connectivity index is 2.00. The second-order valence-corrected chi connectivity index (χ2v) is 5.79. The summed E-state index contributed by atoms with van der Waals surface area (Å²) in [4.78, 5) is 24.1. The first kappa shape index (κ1) is 15.9. The second kappa shape index (κ2) is 8.08. The van der Waals surface area contributed by atoms with Gasteiger partial charge in [-0.15, -0.1) is 0 Å². The topological polar surface area (TPSA) is 58.2 Å². The van der Waals surface area contributed by atoms with Crippen LogP contribution in [0.4, 0.5) is 0 Å². The fourth-order valence-electron chi connectivity index (χ4n) is 2.47. The molecule has 1 aliphatic rings. The third-order valence-corrected chi connectivity index (χ3v) is 3.97. The minimum Gasteiger partial charge on any atom is -0.354 e. The first-order valence-electron chi connectivity index (χ1n) is 7.49. The molecule has 2 N–H and O–H groups in total. The third kappa shape index (κ3) is 4.77. The molecule has 1 fully saturated rings. The van der Waals surface area contributed by atoms with E-state index in [9.17, 15) is 9.59 Å². The number of hydrogen-bond donors (Lipinski definition) is 3. The van der Waals surface area contributed by atoms with Crippen LogP contribution in [0.2, 0.25) is 0 Å². The molecule has 1 heterocycles. The summed E-state index contributed by atoms with van der Waals surface area (Å²) in [5.74, 6) is 0.579. The lowest BCUT2D eigenvalue weighted by atomic mass is 10.1. The van der Waals surface area contributed by atoms with E-state index in [0.717, 1.165) is 37.0 Å². The van der Waals surface area contributed by atoms with Crippen LogP contribution >= 0.6 is 12.6 Å². The van der Waals surface area contributed by atoms with Crippen LogP contribution in [-0.4, -0.2) is 30.2 Å². The van der Waals surface area contributed by atoms with Gasteiger partial charge in [-0.25, -0.2) is 0 Å². The maximum Gasteiger partial charge on any atom is 0.251 e. The SMILES string of the molecule is O=C(N[C@H]1CCCCNC1=O)c1cccc(CCCS)c1. The Hall–Kier alpha value is -1.49. The third-order valence-electron chi connectivity index (χ3n) is 3.65. The Kier molecular flexibility index (Phi) is 6.11. The molecule has 1 aromatic carbocycles. The fraction of sp³-hybridized carbons (Fsp3) is 0.500. The maximum atomic E-state index is 12.3. The van der Waals surface area contributed by atoms with Crippen LogP contribution in [0, 0.1) is 0 Å². The lowest BCUT2D eigenvalue weighted by Crippen LogP contribution is -2.45. The summed E-state index contributed by atoms with van der Waals surface area (Å²) in [5.41, 5.74) is 1.74. The molecule has 0 aliphatic carbocycles. The highest BCUT2D eigenvalue weighted by atomic mass is 32.1. The summed E-state index contributed by atoms with van der Waals surface area (Å²) in [5, 5.41) is 5.67. The smallest absolute Gasteiger partial charge is 0.251 e. The number of aryl methyl sites for hydroxylation is 1. The van der Waals surface area contributed by atoms with E-state index in [1.807, 2.05) is 18.2 Å². The van der Waals surface area contributed by atoms with E-state index in [-0.39, 0.29) is 11.8 Å². The molecule has 5 heteroatoms. The first-order valence-corrected chi connectivity index (χ1v) is 8.12. The van der Waals surface area contributed by atoms with Crippen LogP contribution in [0.15, 0.2) is 24.3 Å².